The average Bonchev–Trinajstić information content (AvgIpc) is 2.88. The lowest BCUT2D eigenvalue weighted by Crippen LogP contribution is -2.55. The number of hydrogen-bond donors (Lipinski definition) is 0. The highest BCUT2D eigenvalue weighted by atomic mass is 35.5. The highest BCUT2D eigenvalue weighted by molar-refractivity contribution is 6.32. The van der Waals surface area contributed by atoms with Crippen LogP contribution in [0.1, 0.15) is 30.1 Å². The van der Waals surface area contributed by atoms with E-state index in [1.54, 1.807) is 28.0 Å². The summed E-state index contributed by atoms with van der Waals surface area (Å²) in [6.45, 7) is 4.40. The number of carbonyl (C=O) groups excluding carboxylic acids is 2. The van der Waals surface area contributed by atoms with Crippen LogP contribution in [0, 0.1) is 0 Å². The number of methoxy groups -OCH3 is 1. The fourth-order valence-electron chi connectivity index (χ4n) is 3.96. The first-order valence-corrected chi connectivity index (χ1v) is 11.9. The van der Waals surface area contributed by atoms with E-state index in [2.05, 4.69) is 6.92 Å². The van der Waals surface area contributed by atoms with E-state index in [0.717, 1.165) is 12.8 Å². The monoisotopic (exact) mass is 488 g/mol. The fraction of sp³-hybridized carbons (Fsp3) is 0.440. The molecule has 1 saturated heterocycles. The summed E-state index contributed by atoms with van der Waals surface area (Å²) in [4.78, 5) is 29.5. The molecule has 1 atom stereocenters. The Morgan fingerprint density at radius 2 is 1.79 bits per heavy atom. The molecule has 0 bridgehead atoms. The molecule has 0 radical (unpaired) electrons. The van der Waals surface area contributed by atoms with Gasteiger partial charge in [-0.15, -0.1) is 0 Å². The van der Waals surface area contributed by atoms with E-state index < -0.39 is 6.10 Å². The second-order valence-corrected chi connectivity index (χ2v) is 8.58. The molecule has 0 saturated carbocycles. The quantitative estimate of drug-likeness (QED) is 0.554. The third-order valence-electron chi connectivity index (χ3n) is 5.88. The van der Waals surface area contributed by atoms with Gasteiger partial charge in [-0.2, -0.15) is 0 Å². The summed E-state index contributed by atoms with van der Waals surface area (Å²) in [5.41, 5.74) is 0.421. The highest BCUT2D eigenvalue weighted by Crippen LogP contribution is 2.37. The van der Waals surface area contributed by atoms with Crippen molar-refractivity contribution in [2.75, 3.05) is 46.5 Å². The van der Waals surface area contributed by atoms with Crippen LogP contribution in [0.4, 0.5) is 0 Å². The molecular weight excluding hydrogens is 460 g/mol. The SMILES string of the molecule is CCCCOc1c(Cl)cc(C(=O)N2CCN(C(=O)C3COc4ccccc4O3)CC2)cc1OC. The third-order valence-corrected chi connectivity index (χ3v) is 6.16. The summed E-state index contributed by atoms with van der Waals surface area (Å²) in [6.07, 6.45) is 1.20. The number of amides is 2. The van der Waals surface area contributed by atoms with Crippen LogP contribution < -0.4 is 18.9 Å². The first-order valence-electron chi connectivity index (χ1n) is 11.5. The van der Waals surface area contributed by atoms with Crippen molar-refractivity contribution in [3.8, 4) is 23.0 Å². The van der Waals surface area contributed by atoms with Gasteiger partial charge in [0.25, 0.3) is 11.8 Å². The van der Waals surface area contributed by atoms with Crippen LogP contribution in [0.5, 0.6) is 23.0 Å². The highest BCUT2D eigenvalue weighted by Gasteiger charge is 2.33. The molecule has 1 unspecified atom stereocenters. The second kappa shape index (κ2) is 10.9. The Hall–Kier alpha value is -3.13. The molecule has 2 aliphatic rings. The van der Waals surface area contributed by atoms with Gasteiger partial charge in [0.2, 0.25) is 6.10 Å². The number of benzene rings is 2. The second-order valence-electron chi connectivity index (χ2n) is 8.17. The number of para-hydroxylation sites is 2. The van der Waals surface area contributed by atoms with E-state index in [4.69, 9.17) is 30.5 Å². The standard InChI is InChI=1S/C25H29ClN2O6/c1-3-4-13-32-23-18(26)14-17(15-21(23)31-2)24(29)27-9-11-28(12-10-27)25(30)22-16-33-19-7-5-6-8-20(19)34-22/h5-8,14-15,22H,3-4,9-13,16H2,1-2H3. The summed E-state index contributed by atoms with van der Waals surface area (Å²) in [5, 5.41) is 0.336. The molecule has 9 heteroatoms. The zero-order valence-corrected chi connectivity index (χ0v) is 20.2. The minimum absolute atomic E-state index is 0.139. The van der Waals surface area contributed by atoms with Gasteiger partial charge in [-0.05, 0) is 30.7 Å². The molecular formula is C25H29ClN2O6. The van der Waals surface area contributed by atoms with Gasteiger partial charge < -0.3 is 28.7 Å². The number of fused-ring (bicyclic) bond motifs is 1. The maximum absolute atomic E-state index is 13.1. The Balaban J connectivity index is 1.36. The number of unbranched alkanes of at least 4 members (excludes halogenated alkanes) is 1. The lowest BCUT2D eigenvalue weighted by atomic mass is 10.1. The van der Waals surface area contributed by atoms with E-state index >= 15 is 0 Å². The zero-order chi connectivity index (χ0) is 24.1. The van der Waals surface area contributed by atoms with Gasteiger partial charge in [-0.3, -0.25) is 9.59 Å². The average molecular weight is 489 g/mol. The number of ether oxygens (including phenoxy) is 4. The van der Waals surface area contributed by atoms with Gasteiger partial charge in [0.05, 0.1) is 18.7 Å². The maximum atomic E-state index is 13.1. The number of rotatable bonds is 7. The fourth-order valence-corrected chi connectivity index (χ4v) is 4.22. The van der Waals surface area contributed by atoms with E-state index in [1.807, 2.05) is 18.2 Å². The topological polar surface area (TPSA) is 77.5 Å². The first-order chi connectivity index (χ1) is 16.5. The van der Waals surface area contributed by atoms with Gasteiger partial charge in [-0.25, -0.2) is 0 Å². The molecule has 0 aliphatic carbocycles. The van der Waals surface area contributed by atoms with Crippen LogP contribution >= 0.6 is 11.6 Å². The Morgan fingerprint density at radius 3 is 2.50 bits per heavy atom. The van der Waals surface area contributed by atoms with Crippen LogP contribution in [-0.2, 0) is 4.79 Å². The van der Waals surface area contributed by atoms with Gasteiger partial charge in [0, 0.05) is 31.7 Å². The Morgan fingerprint density at radius 1 is 1.09 bits per heavy atom. The first kappa shape index (κ1) is 24.0. The number of carbonyl (C=O) groups is 2. The Labute approximate surface area is 204 Å². The normalized spacial score (nSPS) is 17.3. The molecule has 2 aliphatic heterocycles. The van der Waals surface area contributed by atoms with Crippen LogP contribution in [0.3, 0.4) is 0 Å². The van der Waals surface area contributed by atoms with Crippen molar-refractivity contribution in [2.24, 2.45) is 0 Å². The van der Waals surface area contributed by atoms with Crippen LogP contribution in [-0.4, -0.2) is 74.2 Å². The summed E-state index contributed by atoms with van der Waals surface area (Å²) < 4.78 is 22.7. The number of nitrogens with zero attached hydrogens (tertiary/aromatic N) is 2. The number of piperazine rings is 1. The molecule has 0 aromatic heterocycles. The van der Waals surface area contributed by atoms with Crippen molar-refractivity contribution < 1.29 is 28.5 Å². The molecule has 0 N–H and O–H groups in total. The molecule has 1 fully saturated rings. The lowest BCUT2D eigenvalue weighted by molar-refractivity contribution is -0.142. The van der Waals surface area contributed by atoms with Crippen molar-refractivity contribution in [3.05, 3.63) is 47.0 Å². The lowest BCUT2D eigenvalue weighted by Gasteiger charge is -2.37. The summed E-state index contributed by atoms with van der Waals surface area (Å²) in [5.74, 6) is 1.77. The molecule has 2 aromatic rings. The largest absolute Gasteiger partial charge is 0.493 e. The van der Waals surface area contributed by atoms with Crippen molar-refractivity contribution in [2.45, 2.75) is 25.9 Å². The minimum atomic E-state index is -0.694. The summed E-state index contributed by atoms with van der Waals surface area (Å²) in [7, 11) is 1.52. The molecule has 8 nitrogen and oxygen atoms in total. The van der Waals surface area contributed by atoms with Crippen LogP contribution in [0.2, 0.25) is 5.02 Å². The van der Waals surface area contributed by atoms with Crippen molar-refractivity contribution in [1.29, 1.82) is 0 Å². The van der Waals surface area contributed by atoms with Crippen molar-refractivity contribution >= 4 is 23.4 Å². The van der Waals surface area contributed by atoms with E-state index in [9.17, 15) is 9.59 Å². The third kappa shape index (κ3) is 5.17. The predicted molar refractivity (Wildman–Crippen MR) is 127 cm³/mol. The van der Waals surface area contributed by atoms with Gasteiger partial charge in [-0.1, -0.05) is 37.1 Å². The molecule has 182 valence electrons. The van der Waals surface area contributed by atoms with Crippen molar-refractivity contribution in [3.63, 3.8) is 0 Å². The van der Waals surface area contributed by atoms with Crippen molar-refractivity contribution in [1.82, 2.24) is 9.80 Å². The molecule has 2 heterocycles. The van der Waals surface area contributed by atoms with E-state index in [0.29, 0.717) is 66.4 Å². The molecule has 4 rings (SSSR count). The smallest absolute Gasteiger partial charge is 0.267 e. The zero-order valence-electron chi connectivity index (χ0n) is 19.4. The van der Waals surface area contributed by atoms with Gasteiger partial charge in [0.15, 0.2) is 23.0 Å². The maximum Gasteiger partial charge on any atom is 0.267 e. The predicted octanol–water partition coefficient (Wildman–Crippen LogP) is 3.65. The Kier molecular flexibility index (Phi) is 7.67. The van der Waals surface area contributed by atoms with Gasteiger partial charge >= 0.3 is 0 Å². The Bertz CT molecular complexity index is 1040. The van der Waals surface area contributed by atoms with Gasteiger partial charge in [0.1, 0.15) is 6.61 Å². The van der Waals surface area contributed by atoms with Crippen LogP contribution in [0.25, 0.3) is 0 Å². The molecule has 34 heavy (non-hydrogen) atoms. The molecule has 2 aromatic carbocycles. The summed E-state index contributed by atoms with van der Waals surface area (Å²) in [6, 6.07) is 10.5. The number of halogens is 1. The summed E-state index contributed by atoms with van der Waals surface area (Å²) >= 11 is 6.41. The number of hydrogen-bond acceptors (Lipinski definition) is 6. The molecule has 0 spiro atoms. The minimum Gasteiger partial charge on any atom is -0.493 e. The molecule has 2 amide bonds. The van der Waals surface area contributed by atoms with E-state index in [-0.39, 0.29) is 18.4 Å². The van der Waals surface area contributed by atoms with E-state index in [1.165, 1.54) is 7.11 Å². The van der Waals surface area contributed by atoms with Crippen LogP contribution in [0.15, 0.2) is 36.4 Å².